The van der Waals surface area contributed by atoms with E-state index in [1.54, 1.807) is 0 Å². The molecule has 0 N–H and O–H groups in total. The molecule has 2 aliphatic rings. The number of morpholine rings is 2. The van der Waals surface area contributed by atoms with Crippen molar-refractivity contribution in [3.8, 4) is 0 Å². The van der Waals surface area contributed by atoms with E-state index in [2.05, 4.69) is 0 Å². The molecule has 0 radical (unpaired) electrons. The van der Waals surface area contributed by atoms with Crippen LogP contribution in [0.5, 0.6) is 0 Å². The molecule has 3 heterocycles. The van der Waals surface area contributed by atoms with Gasteiger partial charge in [0.25, 0.3) is 10.0 Å². The molecule has 0 spiro atoms. The first-order chi connectivity index (χ1) is 13.8. The molecule has 1 aromatic heterocycles. The molecular weight excluding hydrogens is 424 g/mol. The van der Waals surface area contributed by atoms with Crippen molar-refractivity contribution >= 4 is 31.0 Å². The van der Waals surface area contributed by atoms with E-state index in [-0.39, 0.29) is 55.3 Å². The summed E-state index contributed by atoms with van der Waals surface area (Å²) in [6, 6.07) is 5.19. The number of fused-ring (bicyclic) bond motifs is 1. The summed E-state index contributed by atoms with van der Waals surface area (Å²) in [6.45, 7) is 1.83. The first kappa shape index (κ1) is 20.4. The maximum absolute atomic E-state index is 12.9. The Hall–Kier alpha value is -1.83. The first-order valence-corrected chi connectivity index (χ1v) is 11.9. The van der Waals surface area contributed by atoms with E-state index in [1.165, 1.54) is 28.6 Å². The van der Waals surface area contributed by atoms with Crippen LogP contribution in [0.25, 0.3) is 11.0 Å². The molecule has 29 heavy (non-hydrogen) atoms. The Morgan fingerprint density at radius 2 is 1.31 bits per heavy atom. The summed E-state index contributed by atoms with van der Waals surface area (Å²) < 4.78 is 69.4. The zero-order valence-corrected chi connectivity index (χ0v) is 17.1. The highest BCUT2D eigenvalue weighted by Crippen LogP contribution is 2.24. The summed E-state index contributed by atoms with van der Waals surface area (Å²) in [5, 5.41) is 0.214. The van der Waals surface area contributed by atoms with E-state index < -0.39 is 30.6 Å². The van der Waals surface area contributed by atoms with Crippen molar-refractivity contribution in [3.63, 3.8) is 0 Å². The Morgan fingerprint density at radius 3 is 1.90 bits per heavy atom. The lowest BCUT2D eigenvalue weighted by molar-refractivity contribution is 0.0729. The van der Waals surface area contributed by atoms with E-state index in [0.717, 1.165) is 4.31 Å². The van der Waals surface area contributed by atoms with Crippen LogP contribution < -0.4 is 5.63 Å². The summed E-state index contributed by atoms with van der Waals surface area (Å²) in [6.07, 6.45) is 0. The molecular formula is C17H20N2O8S2. The number of hydrogen-bond acceptors (Lipinski definition) is 8. The molecule has 0 amide bonds. The van der Waals surface area contributed by atoms with Crippen molar-refractivity contribution in [2.75, 3.05) is 52.6 Å². The molecule has 10 nitrogen and oxygen atoms in total. The van der Waals surface area contributed by atoms with Crippen LogP contribution >= 0.6 is 0 Å². The standard InChI is InChI=1S/C17H20N2O8S2/c20-17-16(29(23,24)19-5-9-26-10-6-19)12-13-11-14(1-2-15(13)27-17)28(21,22)18-3-7-25-8-4-18/h1-2,11-12H,3-10H2. The van der Waals surface area contributed by atoms with Crippen molar-refractivity contribution in [1.82, 2.24) is 8.61 Å². The predicted molar refractivity (Wildman–Crippen MR) is 102 cm³/mol. The van der Waals surface area contributed by atoms with Gasteiger partial charge in [-0.1, -0.05) is 0 Å². The fourth-order valence-corrected chi connectivity index (χ4v) is 6.16. The van der Waals surface area contributed by atoms with Gasteiger partial charge in [0, 0.05) is 31.6 Å². The number of sulfonamides is 2. The largest absolute Gasteiger partial charge is 0.422 e. The SMILES string of the molecule is O=c1oc2ccc(S(=O)(=O)N3CCOCC3)cc2cc1S(=O)(=O)N1CCOCC1. The third kappa shape index (κ3) is 3.83. The van der Waals surface area contributed by atoms with Gasteiger partial charge in [-0.2, -0.15) is 8.61 Å². The number of benzene rings is 1. The second-order valence-corrected chi connectivity index (χ2v) is 10.5. The monoisotopic (exact) mass is 444 g/mol. The second kappa shape index (κ2) is 7.78. The summed E-state index contributed by atoms with van der Waals surface area (Å²) in [4.78, 5) is 11.8. The van der Waals surface area contributed by atoms with Crippen molar-refractivity contribution in [2.24, 2.45) is 0 Å². The summed E-state index contributed by atoms with van der Waals surface area (Å²) in [5.74, 6) is 0. The smallest absolute Gasteiger partial charge is 0.356 e. The molecule has 0 saturated carbocycles. The number of ether oxygens (including phenoxy) is 2. The third-order valence-corrected chi connectivity index (χ3v) is 8.65. The van der Waals surface area contributed by atoms with E-state index in [0.29, 0.717) is 13.2 Å². The molecule has 0 aliphatic carbocycles. The topological polar surface area (TPSA) is 123 Å². The lowest BCUT2D eigenvalue weighted by Gasteiger charge is -2.26. The van der Waals surface area contributed by atoms with E-state index in [1.807, 2.05) is 0 Å². The van der Waals surface area contributed by atoms with Gasteiger partial charge >= 0.3 is 5.63 Å². The molecule has 0 atom stereocenters. The summed E-state index contributed by atoms with van der Waals surface area (Å²) >= 11 is 0. The fourth-order valence-electron chi connectivity index (χ4n) is 3.28. The Morgan fingerprint density at radius 1 is 0.759 bits per heavy atom. The highest BCUT2D eigenvalue weighted by atomic mass is 32.2. The Kier molecular flexibility index (Phi) is 5.48. The van der Waals surface area contributed by atoms with Crippen LogP contribution in [0.1, 0.15) is 0 Å². The lowest BCUT2D eigenvalue weighted by atomic mass is 10.2. The zero-order valence-electron chi connectivity index (χ0n) is 15.4. The minimum Gasteiger partial charge on any atom is -0.422 e. The van der Waals surface area contributed by atoms with Crippen molar-refractivity contribution in [3.05, 3.63) is 34.7 Å². The van der Waals surface area contributed by atoms with Gasteiger partial charge in [0.05, 0.1) is 31.3 Å². The van der Waals surface area contributed by atoms with Gasteiger partial charge in [-0.3, -0.25) is 0 Å². The van der Waals surface area contributed by atoms with Crippen LogP contribution in [0.3, 0.4) is 0 Å². The second-order valence-electron chi connectivity index (χ2n) is 6.63. The predicted octanol–water partition coefficient (Wildman–Crippen LogP) is -0.165. The van der Waals surface area contributed by atoms with E-state index in [4.69, 9.17) is 13.9 Å². The summed E-state index contributed by atoms with van der Waals surface area (Å²) in [5.41, 5.74) is -0.885. The first-order valence-electron chi connectivity index (χ1n) is 9.04. The van der Waals surface area contributed by atoms with Crippen LogP contribution in [0.2, 0.25) is 0 Å². The van der Waals surface area contributed by atoms with E-state index >= 15 is 0 Å². The highest BCUT2D eigenvalue weighted by molar-refractivity contribution is 7.89. The van der Waals surface area contributed by atoms with Crippen LogP contribution in [0, 0.1) is 0 Å². The van der Waals surface area contributed by atoms with Crippen LogP contribution in [0.15, 0.2) is 43.3 Å². The lowest BCUT2D eigenvalue weighted by Crippen LogP contribution is -2.42. The maximum atomic E-state index is 12.9. The van der Waals surface area contributed by atoms with Gasteiger partial charge in [0.2, 0.25) is 10.0 Å². The number of nitrogens with zero attached hydrogens (tertiary/aromatic N) is 2. The molecule has 2 aliphatic heterocycles. The Labute approximate surface area is 167 Å². The van der Waals surface area contributed by atoms with Gasteiger partial charge in [-0.25, -0.2) is 21.6 Å². The van der Waals surface area contributed by atoms with Gasteiger partial charge in [-0.15, -0.1) is 0 Å². The number of rotatable bonds is 4. The minimum absolute atomic E-state index is 0.00419. The molecule has 2 fully saturated rings. The van der Waals surface area contributed by atoms with Gasteiger partial charge < -0.3 is 13.9 Å². The van der Waals surface area contributed by atoms with Crippen LogP contribution in [0.4, 0.5) is 0 Å². The fraction of sp³-hybridized carbons (Fsp3) is 0.471. The molecule has 1 aromatic carbocycles. The van der Waals surface area contributed by atoms with Gasteiger partial charge in [0.15, 0.2) is 4.90 Å². The quantitative estimate of drug-likeness (QED) is 0.596. The molecule has 2 aromatic rings. The average Bonchev–Trinajstić information content (AvgIpc) is 2.74. The maximum Gasteiger partial charge on any atom is 0.356 e. The molecule has 158 valence electrons. The number of hydrogen-bond donors (Lipinski definition) is 0. The molecule has 12 heteroatoms. The minimum atomic E-state index is -4.08. The molecule has 0 bridgehead atoms. The van der Waals surface area contributed by atoms with Crippen molar-refractivity contribution in [2.45, 2.75) is 9.79 Å². The summed E-state index contributed by atoms with van der Waals surface area (Å²) in [7, 11) is -7.86. The Balaban J connectivity index is 1.77. The van der Waals surface area contributed by atoms with Crippen LogP contribution in [-0.4, -0.2) is 78.1 Å². The zero-order chi connectivity index (χ0) is 20.6. The Bertz CT molecular complexity index is 1180. The van der Waals surface area contributed by atoms with Gasteiger partial charge in [-0.05, 0) is 24.3 Å². The van der Waals surface area contributed by atoms with E-state index in [9.17, 15) is 21.6 Å². The van der Waals surface area contributed by atoms with Gasteiger partial charge in [0.1, 0.15) is 5.58 Å². The van der Waals surface area contributed by atoms with Crippen molar-refractivity contribution in [1.29, 1.82) is 0 Å². The molecule has 0 unspecified atom stereocenters. The molecule has 2 saturated heterocycles. The van der Waals surface area contributed by atoms with Crippen molar-refractivity contribution < 1.29 is 30.7 Å². The highest BCUT2D eigenvalue weighted by Gasteiger charge is 2.31. The normalized spacial score (nSPS) is 20.1. The third-order valence-electron chi connectivity index (χ3n) is 4.87. The molecule has 4 rings (SSSR count). The van der Waals surface area contributed by atoms with Crippen LogP contribution in [-0.2, 0) is 29.5 Å². The average molecular weight is 444 g/mol.